The lowest BCUT2D eigenvalue weighted by Crippen LogP contribution is -2.22. The number of benzene rings is 1. The van der Waals surface area contributed by atoms with Crippen LogP contribution in [0.2, 0.25) is 0 Å². The van der Waals surface area contributed by atoms with Crippen molar-refractivity contribution in [1.29, 1.82) is 0 Å². The lowest BCUT2D eigenvalue weighted by atomic mass is 10.0. The summed E-state index contributed by atoms with van der Waals surface area (Å²) >= 11 is 0. The number of nitrogens with two attached hydrogens (primary N) is 1. The maximum absolute atomic E-state index is 6.17. The highest BCUT2D eigenvalue weighted by Crippen LogP contribution is 2.36. The summed E-state index contributed by atoms with van der Waals surface area (Å²) in [5.74, 6) is 1.79. The third-order valence-electron chi connectivity index (χ3n) is 3.02. The van der Waals surface area contributed by atoms with Crippen LogP contribution >= 0.6 is 12.4 Å². The molecule has 0 spiro atoms. The van der Waals surface area contributed by atoms with Gasteiger partial charge in [0, 0.05) is 6.04 Å². The van der Waals surface area contributed by atoms with Gasteiger partial charge in [0.1, 0.15) is 11.4 Å². The molecule has 0 aliphatic heterocycles. The van der Waals surface area contributed by atoms with Crippen LogP contribution in [-0.4, -0.2) is 5.60 Å². The van der Waals surface area contributed by atoms with Crippen LogP contribution in [0.15, 0.2) is 24.3 Å². The van der Waals surface area contributed by atoms with E-state index in [0.29, 0.717) is 0 Å². The van der Waals surface area contributed by atoms with Crippen molar-refractivity contribution >= 4 is 12.4 Å². The topological polar surface area (TPSA) is 35.2 Å². The highest BCUT2D eigenvalue weighted by Gasteiger charge is 2.24. The minimum absolute atomic E-state index is 0. The van der Waals surface area contributed by atoms with Crippen molar-refractivity contribution in [3.05, 3.63) is 29.8 Å². The van der Waals surface area contributed by atoms with Crippen molar-refractivity contribution in [2.75, 3.05) is 0 Å². The molecule has 1 saturated carbocycles. The molecule has 2 rings (SSSR count). The van der Waals surface area contributed by atoms with E-state index < -0.39 is 0 Å². The second kappa shape index (κ2) is 5.94. The molecule has 0 radical (unpaired) electrons. The molecule has 18 heavy (non-hydrogen) atoms. The van der Waals surface area contributed by atoms with E-state index in [-0.39, 0.29) is 24.0 Å². The van der Waals surface area contributed by atoms with Crippen molar-refractivity contribution < 1.29 is 4.74 Å². The van der Waals surface area contributed by atoms with Crippen LogP contribution in [0.4, 0.5) is 0 Å². The molecular weight excluding hydrogens is 246 g/mol. The van der Waals surface area contributed by atoms with Gasteiger partial charge in [-0.15, -0.1) is 12.4 Å². The van der Waals surface area contributed by atoms with E-state index in [1.54, 1.807) is 0 Å². The van der Waals surface area contributed by atoms with E-state index in [1.807, 2.05) is 12.1 Å². The Bertz CT molecular complexity index is 365. The zero-order valence-electron chi connectivity index (χ0n) is 11.5. The average molecular weight is 270 g/mol. The zero-order chi connectivity index (χ0) is 12.5. The Hall–Kier alpha value is -0.730. The second-order valence-electron chi connectivity index (χ2n) is 6.07. The van der Waals surface area contributed by atoms with E-state index in [1.165, 1.54) is 18.4 Å². The molecule has 1 aromatic carbocycles. The maximum Gasteiger partial charge on any atom is 0.120 e. The van der Waals surface area contributed by atoms with Gasteiger partial charge in [-0.1, -0.05) is 25.0 Å². The lowest BCUT2D eigenvalue weighted by molar-refractivity contribution is 0.131. The van der Waals surface area contributed by atoms with Gasteiger partial charge in [-0.25, -0.2) is 0 Å². The smallest absolute Gasteiger partial charge is 0.120 e. The van der Waals surface area contributed by atoms with Crippen LogP contribution in [-0.2, 0) is 0 Å². The van der Waals surface area contributed by atoms with Crippen LogP contribution in [0.5, 0.6) is 5.75 Å². The van der Waals surface area contributed by atoms with Gasteiger partial charge < -0.3 is 10.5 Å². The van der Waals surface area contributed by atoms with Gasteiger partial charge in [0.15, 0.2) is 0 Å². The lowest BCUT2D eigenvalue weighted by Gasteiger charge is -2.21. The number of rotatable bonds is 4. The normalized spacial score (nSPS) is 16.9. The van der Waals surface area contributed by atoms with E-state index >= 15 is 0 Å². The van der Waals surface area contributed by atoms with Gasteiger partial charge in [0.2, 0.25) is 0 Å². The molecule has 0 saturated heterocycles. The van der Waals surface area contributed by atoms with Gasteiger partial charge in [0.05, 0.1) is 0 Å². The number of ether oxygens (including phenoxy) is 1. The van der Waals surface area contributed by atoms with Gasteiger partial charge in [-0.3, -0.25) is 0 Å². The Labute approximate surface area is 116 Å². The monoisotopic (exact) mass is 269 g/mol. The van der Waals surface area contributed by atoms with Crippen LogP contribution in [0.25, 0.3) is 0 Å². The first-order chi connectivity index (χ1) is 7.94. The maximum atomic E-state index is 6.17. The minimum Gasteiger partial charge on any atom is -0.488 e. The first kappa shape index (κ1) is 15.3. The first-order valence-electron chi connectivity index (χ1n) is 6.48. The molecule has 0 unspecified atom stereocenters. The third-order valence-corrected chi connectivity index (χ3v) is 3.02. The van der Waals surface area contributed by atoms with Crippen molar-refractivity contribution in [3.63, 3.8) is 0 Å². The molecule has 1 atom stereocenters. The molecule has 2 N–H and O–H groups in total. The number of hydrogen-bond acceptors (Lipinski definition) is 2. The summed E-state index contributed by atoms with van der Waals surface area (Å²) in [6.07, 6.45) is 3.84. The molecule has 0 bridgehead atoms. The molecule has 0 heterocycles. The van der Waals surface area contributed by atoms with Crippen LogP contribution in [0.3, 0.4) is 0 Å². The van der Waals surface area contributed by atoms with Gasteiger partial charge in [-0.2, -0.15) is 0 Å². The van der Waals surface area contributed by atoms with Crippen LogP contribution in [0, 0.1) is 5.92 Å². The quantitative estimate of drug-likeness (QED) is 0.894. The van der Waals surface area contributed by atoms with Crippen molar-refractivity contribution in [1.82, 2.24) is 0 Å². The molecule has 2 nitrogen and oxygen atoms in total. The fourth-order valence-electron chi connectivity index (χ4n) is 1.99. The van der Waals surface area contributed by atoms with E-state index in [2.05, 4.69) is 32.9 Å². The summed E-state index contributed by atoms with van der Waals surface area (Å²) in [4.78, 5) is 0. The number of hydrogen-bond donors (Lipinski definition) is 1. The molecule has 0 aromatic heterocycles. The fourth-order valence-corrected chi connectivity index (χ4v) is 1.99. The molecule has 1 fully saturated rings. The standard InChI is InChI=1S/C15H23NO.ClH/c1-15(2,3)17-13-8-6-12(7-9-13)14(16)10-11-4-5-11;/h6-9,11,14H,4-5,10,16H2,1-3H3;1H/t14-;/m0./s1. The highest BCUT2D eigenvalue weighted by molar-refractivity contribution is 5.85. The molecule has 1 aromatic rings. The average Bonchev–Trinajstić information content (AvgIpc) is 3.00. The minimum atomic E-state index is -0.141. The predicted octanol–water partition coefficient (Wildman–Crippen LogP) is 4.09. The molecule has 102 valence electrons. The molecule has 3 heteroatoms. The Morgan fingerprint density at radius 2 is 1.78 bits per heavy atom. The summed E-state index contributed by atoms with van der Waals surface area (Å²) in [5, 5.41) is 0. The van der Waals surface area contributed by atoms with Crippen molar-refractivity contribution in [2.45, 2.75) is 51.7 Å². The SMILES string of the molecule is CC(C)(C)Oc1ccc([C@@H](N)CC2CC2)cc1.Cl. The number of halogens is 1. The second-order valence-corrected chi connectivity index (χ2v) is 6.07. The van der Waals surface area contributed by atoms with Gasteiger partial charge in [-0.05, 0) is 50.8 Å². The van der Waals surface area contributed by atoms with Crippen molar-refractivity contribution in [3.8, 4) is 5.75 Å². The molecular formula is C15H24ClNO. The largest absolute Gasteiger partial charge is 0.488 e. The summed E-state index contributed by atoms with van der Waals surface area (Å²) in [7, 11) is 0. The van der Waals surface area contributed by atoms with E-state index in [4.69, 9.17) is 10.5 Å². The predicted molar refractivity (Wildman–Crippen MR) is 78.3 cm³/mol. The van der Waals surface area contributed by atoms with Crippen LogP contribution < -0.4 is 10.5 Å². The summed E-state index contributed by atoms with van der Waals surface area (Å²) < 4.78 is 5.79. The first-order valence-corrected chi connectivity index (χ1v) is 6.48. The summed E-state index contributed by atoms with van der Waals surface area (Å²) in [6.45, 7) is 6.17. The molecule has 1 aliphatic rings. The van der Waals surface area contributed by atoms with Gasteiger partial charge >= 0.3 is 0 Å². The third kappa shape index (κ3) is 4.87. The summed E-state index contributed by atoms with van der Waals surface area (Å²) in [6, 6.07) is 8.41. The zero-order valence-corrected chi connectivity index (χ0v) is 12.3. The molecule has 1 aliphatic carbocycles. The summed E-state index contributed by atoms with van der Waals surface area (Å²) in [5.41, 5.74) is 7.25. The van der Waals surface area contributed by atoms with Crippen molar-refractivity contribution in [2.24, 2.45) is 11.7 Å². The fraction of sp³-hybridized carbons (Fsp3) is 0.600. The molecule has 0 amide bonds. The Kier molecular flexibility index (Phi) is 5.06. The Morgan fingerprint density at radius 1 is 1.22 bits per heavy atom. The Balaban J connectivity index is 0.00000162. The van der Waals surface area contributed by atoms with E-state index in [0.717, 1.165) is 18.1 Å². The highest BCUT2D eigenvalue weighted by atomic mass is 35.5. The Morgan fingerprint density at radius 3 is 2.22 bits per heavy atom. The van der Waals surface area contributed by atoms with Crippen LogP contribution in [0.1, 0.15) is 51.6 Å². The van der Waals surface area contributed by atoms with Gasteiger partial charge in [0.25, 0.3) is 0 Å². The van der Waals surface area contributed by atoms with E-state index in [9.17, 15) is 0 Å².